The molecule has 7 heteroatoms. The molecule has 2 aromatic rings. The number of nitrogens with zero attached hydrogens (tertiary/aromatic N) is 2. The number of carboxylic acid groups (broad SMARTS) is 1. The van der Waals surface area contributed by atoms with Crippen molar-refractivity contribution in [3.05, 3.63) is 53.1 Å². The average Bonchev–Trinajstić information content (AvgIpc) is 2.98. The normalized spacial score (nSPS) is 16.3. The number of aromatic nitrogens is 2. The summed E-state index contributed by atoms with van der Waals surface area (Å²) < 4.78 is 15.0. The molecule has 0 fully saturated rings. The van der Waals surface area contributed by atoms with Crippen molar-refractivity contribution in [3.63, 3.8) is 0 Å². The Bertz CT molecular complexity index is 829. The number of fused-ring (bicyclic) bond motifs is 1. The molecule has 0 spiro atoms. The first-order valence-electron chi connectivity index (χ1n) is 9.07. The molecule has 0 aliphatic heterocycles. The number of halogens is 1. The number of aryl methyl sites for hydroxylation is 1. The van der Waals surface area contributed by atoms with Gasteiger partial charge < -0.3 is 15.3 Å². The third-order valence-electron chi connectivity index (χ3n) is 4.67. The number of aliphatic hydroxyl groups excluding tert-OH is 2. The molecule has 3 rings (SSSR count). The van der Waals surface area contributed by atoms with Crippen molar-refractivity contribution in [1.82, 2.24) is 9.78 Å². The number of hydrogen-bond acceptors (Lipinski definition) is 4. The summed E-state index contributed by atoms with van der Waals surface area (Å²) in [4.78, 5) is 10.6. The average molecular weight is 374 g/mol. The first kappa shape index (κ1) is 19.3. The van der Waals surface area contributed by atoms with Crippen LogP contribution in [0.15, 0.2) is 30.3 Å². The lowest BCUT2D eigenvalue weighted by molar-refractivity contribution is -0.139. The van der Waals surface area contributed by atoms with Crippen LogP contribution < -0.4 is 0 Å². The molecule has 3 N–H and O–H groups in total. The zero-order chi connectivity index (χ0) is 19.4. The molecular formula is C20H23FN2O4. The van der Waals surface area contributed by atoms with Gasteiger partial charge in [0.05, 0.1) is 35.7 Å². The highest BCUT2D eigenvalue weighted by Crippen LogP contribution is 2.27. The number of benzene rings is 1. The van der Waals surface area contributed by atoms with Crippen molar-refractivity contribution in [1.29, 1.82) is 0 Å². The van der Waals surface area contributed by atoms with Crippen molar-refractivity contribution in [2.24, 2.45) is 0 Å². The zero-order valence-corrected chi connectivity index (χ0v) is 14.9. The topological polar surface area (TPSA) is 95.6 Å². The number of rotatable bonds is 7. The Morgan fingerprint density at radius 3 is 2.63 bits per heavy atom. The summed E-state index contributed by atoms with van der Waals surface area (Å²) in [6.07, 6.45) is 4.62. The van der Waals surface area contributed by atoms with Crippen molar-refractivity contribution < 1.29 is 24.5 Å². The Labute approximate surface area is 156 Å². The Hall–Kier alpha value is -2.51. The number of carbonyl (C=O) groups is 1. The molecule has 1 aliphatic rings. The second-order valence-electron chi connectivity index (χ2n) is 6.82. The molecule has 1 aromatic carbocycles. The fraction of sp³-hybridized carbons (Fsp3) is 0.400. The van der Waals surface area contributed by atoms with Crippen LogP contribution in [-0.2, 0) is 17.6 Å². The molecule has 0 saturated heterocycles. The van der Waals surface area contributed by atoms with Crippen LogP contribution in [0.2, 0.25) is 0 Å². The molecule has 6 nitrogen and oxygen atoms in total. The lowest BCUT2D eigenvalue weighted by atomic mass is 9.95. The van der Waals surface area contributed by atoms with E-state index in [1.54, 1.807) is 22.9 Å². The number of aliphatic hydroxyl groups is 2. The highest BCUT2D eigenvalue weighted by Gasteiger charge is 2.20. The van der Waals surface area contributed by atoms with E-state index in [4.69, 9.17) is 5.11 Å². The Morgan fingerprint density at radius 2 is 1.93 bits per heavy atom. The second kappa shape index (κ2) is 8.45. The van der Waals surface area contributed by atoms with Gasteiger partial charge in [0.15, 0.2) is 0 Å². The monoisotopic (exact) mass is 374 g/mol. The summed E-state index contributed by atoms with van der Waals surface area (Å²) in [7, 11) is 0. The van der Waals surface area contributed by atoms with Gasteiger partial charge in [0, 0.05) is 12.0 Å². The highest BCUT2D eigenvalue weighted by molar-refractivity contribution is 5.67. The number of hydrogen-bond donors (Lipinski definition) is 3. The maximum absolute atomic E-state index is 13.3. The molecule has 0 amide bonds. The Kier molecular flexibility index (Phi) is 6.03. The first-order chi connectivity index (χ1) is 12.9. The van der Waals surface area contributed by atoms with Crippen LogP contribution in [0.25, 0.3) is 11.8 Å². The standard InChI is InChI=1S/C20H23FN2O4/c21-13-5-7-14(8-6-13)23-19(17-3-1-2-4-18(17)22-23)10-9-15(24)11-16(25)12-20(26)27/h5-10,15-16,24-25H,1-4,11-12H2,(H,26,27)/b10-9+/t15-,16-/m1/s1. The van der Waals surface area contributed by atoms with Crippen molar-refractivity contribution in [2.75, 3.05) is 0 Å². The smallest absolute Gasteiger partial charge is 0.305 e. The molecule has 2 atom stereocenters. The molecule has 144 valence electrons. The number of carboxylic acids is 1. The summed E-state index contributed by atoms with van der Waals surface area (Å²) in [6, 6.07) is 6.05. The second-order valence-corrected chi connectivity index (χ2v) is 6.82. The van der Waals surface area contributed by atoms with Gasteiger partial charge in [-0.25, -0.2) is 9.07 Å². The number of aliphatic carboxylic acids is 1. The van der Waals surface area contributed by atoms with Crippen LogP contribution in [-0.4, -0.2) is 43.3 Å². The Balaban J connectivity index is 1.86. The van der Waals surface area contributed by atoms with Crippen molar-refractivity contribution in [2.45, 2.75) is 50.7 Å². The van der Waals surface area contributed by atoms with E-state index in [0.717, 1.165) is 48.3 Å². The van der Waals surface area contributed by atoms with E-state index in [2.05, 4.69) is 5.10 Å². The fourth-order valence-electron chi connectivity index (χ4n) is 3.37. The van der Waals surface area contributed by atoms with E-state index in [9.17, 15) is 19.4 Å². The third-order valence-corrected chi connectivity index (χ3v) is 4.67. The summed E-state index contributed by atoms with van der Waals surface area (Å²) >= 11 is 0. The largest absolute Gasteiger partial charge is 0.481 e. The molecule has 0 unspecified atom stereocenters. The van der Waals surface area contributed by atoms with Crippen LogP contribution in [0.4, 0.5) is 4.39 Å². The molecular weight excluding hydrogens is 351 g/mol. The van der Waals surface area contributed by atoms with E-state index < -0.39 is 24.6 Å². The lowest BCUT2D eigenvalue weighted by Crippen LogP contribution is -2.19. The van der Waals surface area contributed by atoms with Gasteiger partial charge in [-0.15, -0.1) is 0 Å². The lowest BCUT2D eigenvalue weighted by Gasteiger charge is -2.12. The van der Waals surface area contributed by atoms with Gasteiger partial charge in [0.2, 0.25) is 0 Å². The van der Waals surface area contributed by atoms with E-state index in [-0.39, 0.29) is 12.2 Å². The summed E-state index contributed by atoms with van der Waals surface area (Å²) in [5, 5.41) is 33.1. The van der Waals surface area contributed by atoms with Gasteiger partial charge in [-0.05, 0) is 56.0 Å². The quantitative estimate of drug-likeness (QED) is 0.692. The molecule has 1 heterocycles. The van der Waals surface area contributed by atoms with Gasteiger partial charge in [0.1, 0.15) is 5.82 Å². The van der Waals surface area contributed by atoms with Crippen molar-refractivity contribution >= 4 is 12.0 Å². The molecule has 1 aromatic heterocycles. The minimum atomic E-state index is -1.11. The molecule has 0 saturated carbocycles. The first-order valence-corrected chi connectivity index (χ1v) is 9.07. The van der Waals surface area contributed by atoms with Gasteiger partial charge >= 0.3 is 5.97 Å². The maximum atomic E-state index is 13.3. The predicted octanol–water partition coefficient (Wildman–Crippen LogP) is 2.49. The maximum Gasteiger partial charge on any atom is 0.305 e. The highest BCUT2D eigenvalue weighted by atomic mass is 19.1. The molecule has 1 aliphatic carbocycles. The van der Waals surface area contributed by atoms with E-state index in [0.29, 0.717) is 0 Å². The SMILES string of the molecule is O=C(O)C[C@H](O)C[C@H](O)/C=C/c1c2c(nn1-c1ccc(F)cc1)CCCC2. The van der Waals surface area contributed by atoms with Crippen LogP contribution in [0, 0.1) is 5.82 Å². The van der Waals surface area contributed by atoms with Crippen molar-refractivity contribution in [3.8, 4) is 5.69 Å². The molecule has 0 bridgehead atoms. The van der Waals surface area contributed by atoms with E-state index in [1.807, 2.05) is 0 Å². The van der Waals surface area contributed by atoms with Gasteiger partial charge in [-0.2, -0.15) is 5.10 Å². The summed E-state index contributed by atoms with van der Waals surface area (Å²) in [5.74, 6) is -1.43. The molecule has 27 heavy (non-hydrogen) atoms. The fourth-order valence-corrected chi connectivity index (χ4v) is 3.37. The van der Waals surface area contributed by atoms with Gasteiger partial charge in [0.25, 0.3) is 0 Å². The van der Waals surface area contributed by atoms with E-state index >= 15 is 0 Å². The van der Waals surface area contributed by atoms with Crippen LogP contribution in [0.3, 0.4) is 0 Å². The zero-order valence-electron chi connectivity index (χ0n) is 14.9. The van der Waals surface area contributed by atoms with Crippen LogP contribution in [0.5, 0.6) is 0 Å². The minimum Gasteiger partial charge on any atom is -0.481 e. The van der Waals surface area contributed by atoms with E-state index in [1.165, 1.54) is 18.2 Å². The predicted molar refractivity (Wildman–Crippen MR) is 98.1 cm³/mol. The van der Waals surface area contributed by atoms with Gasteiger partial charge in [-0.3, -0.25) is 4.79 Å². The summed E-state index contributed by atoms with van der Waals surface area (Å²) in [5.41, 5.74) is 3.67. The molecule has 0 radical (unpaired) electrons. The minimum absolute atomic E-state index is 0.0598. The summed E-state index contributed by atoms with van der Waals surface area (Å²) in [6.45, 7) is 0. The Morgan fingerprint density at radius 1 is 1.22 bits per heavy atom. The van der Waals surface area contributed by atoms with Crippen LogP contribution >= 0.6 is 0 Å². The third kappa shape index (κ3) is 4.81. The van der Waals surface area contributed by atoms with Crippen LogP contribution in [0.1, 0.15) is 42.6 Å². The van der Waals surface area contributed by atoms with Gasteiger partial charge in [-0.1, -0.05) is 6.08 Å².